The fourth-order valence-electron chi connectivity index (χ4n) is 6.99. The summed E-state index contributed by atoms with van der Waals surface area (Å²) in [5, 5.41) is 0.719. The van der Waals surface area contributed by atoms with E-state index in [0.717, 1.165) is 48.8 Å². The van der Waals surface area contributed by atoms with Gasteiger partial charge in [0.05, 0.1) is 17.8 Å². The lowest BCUT2D eigenvalue weighted by atomic mass is 9.94. The van der Waals surface area contributed by atoms with Crippen molar-refractivity contribution in [1.29, 1.82) is 0 Å². The van der Waals surface area contributed by atoms with Crippen molar-refractivity contribution >= 4 is 23.6 Å². The van der Waals surface area contributed by atoms with E-state index in [2.05, 4.69) is 32.7 Å². The molecule has 4 heterocycles. The van der Waals surface area contributed by atoms with Crippen LogP contribution in [0, 0.1) is 12.8 Å². The number of carbonyl (C=O) groups is 2. The van der Waals surface area contributed by atoms with Crippen molar-refractivity contribution in [1.82, 2.24) is 29.2 Å². The minimum atomic E-state index is -0.653. The first-order valence-electron chi connectivity index (χ1n) is 15.5. The second-order valence-corrected chi connectivity index (χ2v) is 12.8. The zero-order valence-electron chi connectivity index (χ0n) is 25.3. The number of carbonyl (C=O) groups excluding carboxylic acids is 2. The predicted octanol–water partition coefficient (Wildman–Crippen LogP) is 4.90. The molecule has 43 heavy (non-hydrogen) atoms. The number of fused-ring (bicyclic) bond motifs is 2. The number of benzene rings is 1. The van der Waals surface area contributed by atoms with Gasteiger partial charge in [0.2, 0.25) is 5.91 Å². The van der Waals surface area contributed by atoms with Crippen LogP contribution in [-0.4, -0.2) is 86.1 Å². The molecule has 3 atom stereocenters. The Balaban J connectivity index is 1.30. The Morgan fingerprint density at radius 3 is 2.67 bits per heavy atom. The van der Waals surface area contributed by atoms with Crippen molar-refractivity contribution in [2.75, 3.05) is 32.7 Å². The molecule has 0 N–H and O–H groups in total. The number of hydrogen-bond donors (Lipinski definition) is 0. The Morgan fingerprint density at radius 1 is 1.05 bits per heavy atom. The van der Waals surface area contributed by atoms with Crippen LogP contribution in [0.25, 0.3) is 0 Å². The average molecular weight is 605 g/mol. The molecule has 0 saturated carbocycles. The number of pyridine rings is 1. The van der Waals surface area contributed by atoms with Gasteiger partial charge in [0.1, 0.15) is 11.9 Å². The third-order valence-electron chi connectivity index (χ3n) is 9.09. The summed E-state index contributed by atoms with van der Waals surface area (Å²) in [4.78, 5) is 43.0. The van der Waals surface area contributed by atoms with Gasteiger partial charge >= 0.3 is 6.09 Å². The summed E-state index contributed by atoms with van der Waals surface area (Å²) in [6.07, 6.45) is 8.72. The highest BCUT2D eigenvalue weighted by Crippen LogP contribution is 2.38. The van der Waals surface area contributed by atoms with Crippen LogP contribution in [0.2, 0.25) is 5.02 Å². The summed E-state index contributed by atoms with van der Waals surface area (Å²) in [6.45, 7) is 9.27. The number of ether oxygens (including phenoxy) is 1. The predicted molar refractivity (Wildman–Crippen MR) is 165 cm³/mol. The molecule has 0 bridgehead atoms. The molecule has 2 saturated heterocycles. The van der Waals surface area contributed by atoms with Crippen LogP contribution in [0.3, 0.4) is 0 Å². The topological polar surface area (TPSA) is 83.8 Å². The van der Waals surface area contributed by atoms with E-state index in [9.17, 15) is 9.59 Å². The van der Waals surface area contributed by atoms with Gasteiger partial charge in [-0.25, -0.2) is 9.78 Å². The minimum absolute atomic E-state index is 0.0105. The van der Waals surface area contributed by atoms with Crippen LogP contribution >= 0.6 is 11.6 Å². The Bertz CT molecular complexity index is 1470. The fraction of sp³-hybridized carbons (Fsp3) is 0.515. The highest BCUT2D eigenvalue weighted by molar-refractivity contribution is 6.30. The second kappa shape index (κ2) is 12.7. The summed E-state index contributed by atoms with van der Waals surface area (Å²) in [5.41, 5.74) is 4.59. The molecule has 3 aromatic rings. The number of nitrogens with zero attached hydrogens (tertiary/aromatic N) is 6. The Labute approximate surface area is 258 Å². The van der Waals surface area contributed by atoms with Crippen molar-refractivity contribution in [3.8, 4) is 0 Å². The van der Waals surface area contributed by atoms with Crippen molar-refractivity contribution in [3.63, 3.8) is 0 Å². The third-order valence-corrected chi connectivity index (χ3v) is 9.33. The molecule has 6 rings (SSSR count). The van der Waals surface area contributed by atoms with Crippen molar-refractivity contribution < 1.29 is 14.3 Å². The van der Waals surface area contributed by atoms with Gasteiger partial charge in [-0.05, 0) is 87.3 Å². The normalized spacial score (nSPS) is 22.6. The van der Waals surface area contributed by atoms with E-state index in [4.69, 9.17) is 21.3 Å². The lowest BCUT2D eigenvalue weighted by molar-refractivity contribution is -0.141. The van der Waals surface area contributed by atoms with Gasteiger partial charge in [0.15, 0.2) is 0 Å². The van der Waals surface area contributed by atoms with E-state index < -0.39 is 12.1 Å². The summed E-state index contributed by atoms with van der Waals surface area (Å²) in [5.74, 6) is 1.30. The molecule has 1 aromatic carbocycles. The molecule has 10 heteroatoms. The molecule has 0 radical (unpaired) electrons. The summed E-state index contributed by atoms with van der Waals surface area (Å²) < 4.78 is 7.81. The molecule has 1 unspecified atom stereocenters. The van der Waals surface area contributed by atoms with Crippen molar-refractivity contribution in [3.05, 3.63) is 82.2 Å². The monoisotopic (exact) mass is 604 g/mol. The second-order valence-electron chi connectivity index (χ2n) is 12.3. The molecular weight excluding hydrogens is 564 g/mol. The van der Waals surface area contributed by atoms with Crippen LogP contribution < -0.4 is 0 Å². The number of imidazole rings is 1. The van der Waals surface area contributed by atoms with E-state index in [1.54, 1.807) is 4.90 Å². The van der Waals surface area contributed by atoms with E-state index in [1.807, 2.05) is 56.4 Å². The molecule has 2 amide bonds. The molecule has 2 fully saturated rings. The highest BCUT2D eigenvalue weighted by atomic mass is 35.5. The van der Waals surface area contributed by atoms with E-state index in [-0.39, 0.29) is 18.1 Å². The lowest BCUT2D eigenvalue weighted by Gasteiger charge is -2.45. The largest absolute Gasteiger partial charge is 0.447 e. The maximum absolute atomic E-state index is 14.4. The van der Waals surface area contributed by atoms with E-state index in [1.165, 1.54) is 16.7 Å². The zero-order chi connectivity index (χ0) is 30.1. The smallest absolute Gasteiger partial charge is 0.410 e. The number of likely N-dealkylation sites (tertiary alicyclic amines) is 1. The first kappa shape index (κ1) is 29.6. The maximum Gasteiger partial charge on any atom is 0.410 e. The van der Waals surface area contributed by atoms with Crippen LogP contribution in [0.5, 0.6) is 0 Å². The van der Waals surface area contributed by atoms with Crippen LogP contribution in [0.1, 0.15) is 60.9 Å². The number of aryl methyl sites for hydroxylation is 3. The SMILES string of the molecule is Cc1nccn1C[C@H]1CCCN(C(=O)[C@H]2CN(C3c4ccc(Cl)cc4CCc4cccnc43)CCN2C(=O)OC(C)C)C1. The van der Waals surface area contributed by atoms with Gasteiger partial charge in [-0.3, -0.25) is 19.6 Å². The summed E-state index contributed by atoms with van der Waals surface area (Å²) >= 11 is 6.44. The van der Waals surface area contributed by atoms with Crippen molar-refractivity contribution in [2.45, 2.75) is 71.2 Å². The van der Waals surface area contributed by atoms with Gasteiger partial charge in [-0.15, -0.1) is 0 Å². The summed E-state index contributed by atoms with van der Waals surface area (Å²) in [7, 11) is 0. The van der Waals surface area contributed by atoms with Gasteiger partial charge in [0, 0.05) is 62.9 Å². The molecule has 1 aliphatic carbocycles. The lowest BCUT2D eigenvalue weighted by Crippen LogP contribution is -2.62. The quantitative estimate of drug-likeness (QED) is 0.412. The number of amides is 2. The van der Waals surface area contributed by atoms with E-state index in [0.29, 0.717) is 38.6 Å². The fourth-order valence-corrected chi connectivity index (χ4v) is 7.18. The molecule has 9 nitrogen and oxygen atoms in total. The first-order chi connectivity index (χ1) is 20.8. The minimum Gasteiger partial charge on any atom is -0.447 e. The Morgan fingerprint density at radius 2 is 1.88 bits per heavy atom. The molecule has 228 valence electrons. The Hall–Kier alpha value is -3.43. The first-order valence-corrected chi connectivity index (χ1v) is 15.9. The third kappa shape index (κ3) is 6.29. The number of piperazine rings is 1. The van der Waals surface area contributed by atoms with Crippen LogP contribution in [0.15, 0.2) is 48.9 Å². The van der Waals surface area contributed by atoms with Gasteiger partial charge in [0.25, 0.3) is 0 Å². The highest BCUT2D eigenvalue weighted by Gasteiger charge is 2.43. The van der Waals surface area contributed by atoms with Crippen molar-refractivity contribution in [2.24, 2.45) is 5.92 Å². The number of halogens is 1. The molecule has 3 aliphatic rings. The maximum atomic E-state index is 14.4. The standard InChI is InChI=1S/C33H41ClN6O3/c1-22(2)43-33(42)40-17-16-38(31-28-11-10-27(34)18-26(28)9-8-25-7-4-12-36-30(25)31)21-29(40)32(41)39-14-5-6-24(20-39)19-37-15-13-35-23(37)3/h4,7,10-13,15,18,22,24,29,31H,5-6,8-9,14,16-17,19-21H2,1-3H3/t24-,29-,31?/m1/s1. The van der Waals surface area contributed by atoms with Crippen LogP contribution in [0.4, 0.5) is 4.79 Å². The number of piperidine rings is 1. The zero-order valence-corrected chi connectivity index (χ0v) is 26.0. The number of rotatable bonds is 5. The molecular formula is C33H41ClN6O3. The average Bonchev–Trinajstić information content (AvgIpc) is 3.32. The van der Waals surface area contributed by atoms with E-state index >= 15 is 0 Å². The van der Waals surface area contributed by atoms with Gasteiger partial charge < -0.3 is 14.2 Å². The Kier molecular flexibility index (Phi) is 8.73. The van der Waals surface area contributed by atoms with Crippen LogP contribution in [-0.2, 0) is 28.9 Å². The number of hydrogen-bond acceptors (Lipinski definition) is 6. The summed E-state index contributed by atoms with van der Waals surface area (Å²) in [6, 6.07) is 9.46. The molecule has 0 spiro atoms. The number of aromatic nitrogens is 3. The van der Waals surface area contributed by atoms with Gasteiger partial charge in [-0.1, -0.05) is 23.7 Å². The van der Waals surface area contributed by atoms with Gasteiger partial charge in [-0.2, -0.15) is 0 Å². The molecule has 2 aliphatic heterocycles. The molecule has 2 aromatic heterocycles.